The van der Waals surface area contributed by atoms with Crippen LogP contribution in [-0.4, -0.2) is 39.4 Å². The maximum atomic E-state index is 11.6. The number of allylic oxidation sites excluding steroid dienone is 3. The van der Waals surface area contributed by atoms with Crippen molar-refractivity contribution in [3.63, 3.8) is 0 Å². The molecule has 1 heterocycles. The van der Waals surface area contributed by atoms with Crippen LogP contribution in [0.25, 0.3) is 6.08 Å². The molecule has 5 nitrogen and oxygen atoms in total. The third-order valence-corrected chi connectivity index (χ3v) is 11.3. The summed E-state index contributed by atoms with van der Waals surface area (Å²) in [5.41, 5.74) is 4.75. The summed E-state index contributed by atoms with van der Waals surface area (Å²) in [6.45, 7) is 22.3. The maximum Gasteiger partial charge on any atom is 0.330 e. The highest BCUT2D eigenvalue weighted by atomic mass is 28.4. The minimum Gasteiger partial charge on any atom is -0.543 e. The van der Waals surface area contributed by atoms with Gasteiger partial charge in [-0.05, 0) is 88.3 Å². The molecule has 0 spiro atoms. The highest BCUT2D eigenvalue weighted by molar-refractivity contribution is 6.74. The molecule has 0 radical (unpaired) electrons. The van der Waals surface area contributed by atoms with Gasteiger partial charge in [0.15, 0.2) is 5.79 Å². The molecule has 36 heavy (non-hydrogen) atoms. The van der Waals surface area contributed by atoms with Crippen molar-refractivity contribution in [1.82, 2.24) is 0 Å². The Labute approximate surface area is 219 Å². The first-order valence-electron chi connectivity index (χ1n) is 13.0. The van der Waals surface area contributed by atoms with Gasteiger partial charge in [0.1, 0.15) is 5.75 Å². The third kappa shape index (κ3) is 8.75. The van der Waals surface area contributed by atoms with Gasteiger partial charge in [-0.2, -0.15) is 0 Å². The highest BCUT2D eigenvalue weighted by Gasteiger charge is 2.39. The van der Waals surface area contributed by atoms with E-state index in [9.17, 15) is 4.79 Å². The van der Waals surface area contributed by atoms with Gasteiger partial charge >= 0.3 is 5.97 Å². The molecule has 2 rings (SSSR count). The van der Waals surface area contributed by atoms with Crippen LogP contribution in [0.15, 0.2) is 42.0 Å². The fourth-order valence-corrected chi connectivity index (χ4v) is 4.87. The number of carbonyl (C=O) groups excluding carboxylic acids is 1. The second-order valence-corrected chi connectivity index (χ2v) is 16.2. The molecule has 1 aliphatic rings. The topological polar surface area (TPSA) is 54.0 Å². The fraction of sp³-hybridized carbons (Fsp3) is 0.567. The van der Waals surface area contributed by atoms with Crippen molar-refractivity contribution < 1.29 is 23.4 Å². The Bertz CT molecular complexity index is 995. The molecule has 1 aromatic carbocycles. The molecule has 200 valence electrons. The molecule has 0 bridgehead atoms. The molecule has 0 aliphatic carbocycles. The Kier molecular flexibility index (Phi) is 10.4. The lowest BCUT2D eigenvalue weighted by Crippen LogP contribution is -2.44. The molecule has 1 saturated heterocycles. The lowest BCUT2D eigenvalue weighted by atomic mass is 9.96. The zero-order chi connectivity index (χ0) is 27.1. The Morgan fingerprint density at radius 1 is 1.22 bits per heavy atom. The summed E-state index contributed by atoms with van der Waals surface area (Å²) < 4.78 is 23.4. The van der Waals surface area contributed by atoms with Crippen LogP contribution < -0.4 is 4.43 Å². The minimum atomic E-state index is -1.98. The van der Waals surface area contributed by atoms with Gasteiger partial charge in [0, 0.05) is 6.08 Å². The average Bonchev–Trinajstić information content (AvgIpc) is 3.09. The van der Waals surface area contributed by atoms with Crippen molar-refractivity contribution in [3.05, 3.63) is 58.7 Å². The Morgan fingerprint density at radius 2 is 1.92 bits per heavy atom. The van der Waals surface area contributed by atoms with E-state index in [1.807, 2.05) is 26.0 Å². The molecule has 1 atom stereocenters. The second-order valence-electron chi connectivity index (χ2n) is 11.5. The first kappa shape index (κ1) is 30.1. The molecule has 0 aromatic heterocycles. The van der Waals surface area contributed by atoms with E-state index >= 15 is 0 Å². The monoisotopic (exact) mass is 514 g/mol. The van der Waals surface area contributed by atoms with E-state index < -0.39 is 14.1 Å². The molecule has 0 N–H and O–H groups in total. The third-order valence-electron chi connectivity index (χ3n) is 6.93. The van der Waals surface area contributed by atoms with Crippen LogP contribution in [0.1, 0.15) is 71.6 Å². The van der Waals surface area contributed by atoms with E-state index in [0.717, 1.165) is 29.7 Å². The molecule has 0 unspecified atom stereocenters. The molecule has 6 heteroatoms. The molecular weight excluding hydrogens is 468 g/mol. The predicted octanol–water partition coefficient (Wildman–Crippen LogP) is 7.54. The first-order chi connectivity index (χ1) is 16.6. The van der Waals surface area contributed by atoms with E-state index in [1.165, 1.54) is 17.2 Å². The van der Waals surface area contributed by atoms with Crippen LogP contribution in [0, 0.1) is 6.92 Å². The van der Waals surface area contributed by atoms with Crippen LogP contribution in [0.2, 0.25) is 18.1 Å². The number of hydrogen-bond donors (Lipinski definition) is 0. The first-order valence-corrected chi connectivity index (χ1v) is 15.9. The van der Waals surface area contributed by atoms with Gasteiger partial charge in [0.25, 0.3) is 0 Å². The Hall–Kier alpha value is -2.15. The number of hydrogen-bond acceptors (Lipinski definition) is 5. The summed E-state index contributed by atoms with van der Waals surface area (Å²) >= 11 is 0. The lowest BCUT2D eigenvalue weighted by Gasteiger charge is -2.37. The van der Waals surface area contributed by atoms with Crippen molar-refractivity contribution in [2.75, 3.05) is 13.2 Å². The van der Waals surface area contributed by atoms with Gasteiger partial charge in [-0.25, -0.2) is 4.79 Å². The van der Waals surface area contributed by atoms with E-state index in [0.29, 0.717) is 13.2 Å². The number of ether oxygens (including phenoxy) is 3. The highest BCUT2D eigenvalue weighted by Crippen LogP contribution is 2.39. The van der Waals surface area contributed by atoms with Gasteiger partial charge in [-0.3, -0.25) is 0 Å². The summed E-state index contributed by atoms with van der Waals surface area (Å²) in [5, 5.41) is 0.115. The normalized spacial score (nSPS) is 18.8. The van der Waals surface area contributed by atoms with Gasteiger partial charge in [0.2, 0.25) is 8.32 Å². The van der Waals surface area contributed by atoms with Crippen LogP contribution in [0.3, 0.4) is 0 Å². The summed E-state index contributed by atoms with van der Waals surface area (Å²) in [4.78, 5) is 11.6. The van der Waals surface area contributed by atoms with Crippen molar-refractivity contribution in [2.45, 2.75) is 98.3 Å². The van der Waals surface area contributed by atoms with Crippen LogP contribution in [-0.2, 0) is 25.4 Å². The Morgan fingerprint density at radius 3 is 2.50 bits per heavy atom. The largest absolute Gasteiger partial charge is 0.543 e. The predicted molar refractivity (Wildman–Crippen MR) is 151 cm³/mol. The molecule has 0 amide bonds. The molecule has 0 saturated carbocycles. The quantitative estimate of drug-likeness (QED) is 0.106. The van der Waals surface area contributed by atoms with Crippen molar-refractivity contribution >= 4 is 20.4 Å². The maximum absolute atomic E-state index is 11.6. The minimum absolute atomic E-state index is 0.0815. The Balaban J connectivity index is 2.32. The smallest absolute Gasteiger partial charge is 0.330 e. The second kappa shape index (κ2) is 12.4. The molecule has 1 aliphatic heterocycles. The van der Waals surface area contributed by atoms with Gasteiger partial charge < -0.3 is 18.6 Å². The van der Waals surface area contributed by atoms with Crippen molar-refractivity contribution in [1.29, 1.82) is 0 Å². The molecular formula is C30H46O5Si. The molecule has 1 fully saturated rings. The van der Waals surface area contributed by atoms with Crippen molar-refractivity contribution in [2.24, 2.45) is 0 Å². The number of esters is 1. The van der Waals surface area contributed by atoms with E-state index in [4.69, 9.17) is 18.6 Å². The summed E-state index contributed by atoms with van der Waals surface area (Å²) in [6.07, 6.45) is 11.1. The standard InChI is InChI=1S/C30H46O5Si/c1-11-32-28(31)15-13-12-14-24-17-19-27(35-36(9,10)29(4,5)6)23(3)26(24)18-16-22(2)20-25-21-33-30(7,8)34-25/h12-17,19,25H,11,18,20-21H2,1-10H3/b14-12+,15-13+,22-16+/t25-/m0/s1. The van der Waals surface area contributed by atoms with E-state index in [-0.39, 0.29) is 17.1 Å². The van der Waals surface area contributed by atoms with Gasteiger partial charge in [0.05, 0.1) is 19.3 Å². The van der Waals surface area contributed by atoms with E-state index in [2.05, 4.69) is 65.9 Å². The fourth-order valence-electron chi connectivity index (χ4n) is 3.79. The SMILES string of the molecule is CCOC(=O)/C=C/C=C/c1ccc(O[Si](C)(C)C(C)(C)C)c(C)c1C/C=C(\C)C[C@H]1COC(C)(C)O1. The molecule has 1 aromatic rings. The zero-order valence-electron chi connectivity index (χ0n) is 24.0. The van der Waals surface area contributed by atoms with Crippen LogP contribution in [0.5, 0.6) is 5.75 Å². The van der Waals surface area contributed by atoms with Crippen LogP contribution >= 0.6 is 0 Å². The summed E-state index contributed by atoms with van der Waals surface area (Å²) in [6, 6.07) is 4.19. The number of rotatable bonds is 10. The van der Waals surface area contributed by atoms with Crippen molar-refractivity contribution in [3.8, 4) is 5.75 Å². The summed E-state index contributed by atoms with van der Waals surface area (Å²) in [5.74, 6) is 0.110. The van der Waals surface area contributed by atoms with Crippen LogP contribution in [0.4, 0.5) is 0 Å². The number of benzene rings is 1. The lowest BCUT2D eigenvalue weighted by molar-refractivity contribution is -0.138. The number of carbonyl (C=O) groups is 1. The van der Waals surface area contributed by atoms with Gasteiger partial charge in [-0.15, -0.1) is 0 Å². The van der Waals surface area contributed by atoms with Gasteiger partial charge in [-0.1, -0.05) is 56.7 Å². The summed E-state index contributed by atoms with van der Waals surface area (Å²) in [7, 11) is -1.98. The van der Waals surface area contributed by atoms with E-state index in [1.54, 1.807) is 13.0 Å². The average molecular weight is 515 g/mol. The zero-order valence-corrected chi connectivity index (χ0v) is 25.0.